The average Bonchev–Trinajstić information content (AvgIpc) is 3.81. The number of fused-ring (bicyclic) bond motifs is 4. The SMILES string of the molecule is CC(C)c1cc(C(C)C)c(-c2ccnc(-n3c4ccc(C(C)(C)C)cc4c4ccc(Oc5cccc(N6CN(c7cccc(C(C)(C)C)c7)c7ccccc76)c5)cc43)c2)c(C(C)C)c1. The van der Waals surface area contributed by atoms with Gasteiger partial charge in [0.15, 0.2) is 0 Å². The van der Waals surface area contributed by atoms with Crippen molar-refractivity contribution in [3.05, 3.63) is 167 Å². The standard InChI is InChI=1S/C59H64N4O/c1-37(2)41-29-49(38(3)4)57(50(30-41)39(5)6)40-27-28-60-56(31-40)63-52-26-23-43(59(10,11)12)33-51(52)48-25-24-47(35-55(48)63)64-46-20-16-19-45(34-46)62-36-61(53-21-13-14-22-54(53)62)44-18-15-17-42(32-44)58(7,8)9/h13-35,37-39H,36H2,1-12H3. The Morgan fingerprint density at radius 1 is 0.516 bits per heavy atom. The topological polar surface area (TPSA) is 33.5 Å². The summed E-state index contributed by atoms with van der Waals surface area (Å²) in [6.07, 6.45) is 1.99. The summed E-state index contributed by atoms with van der Waals surface area (Å²) < 4.78 is 9.17. The molecular weight excluding hydrogens is 781 g/mol. The number of rotatable bonds is 9. The van der Waals surface area contributed by atoms with Crippen LogP contribution in [-0.4, -0.2) is 16.2 Å². The molecule has 0 spiro atoms. The highest BCUT2D eigenvalue weighted by Gasteiger charge is 2.29. The van der Waals surface area contributed by atoms with Gasteiger partial charge in [-0.1, -0.05) is 132 Å². The highest BCUT2D eigenvalue weighted by molar-refractivity contribution is 6.10. The molecule has 0 unspecified atom stereocenters. The van der Waals surface area contributed by atoms with E-state index in [-0.39, 0.29) is 10.8 Å². The van der Waals surface area contributed by atoms with Gasteiger partial charge in [0.2, 0.25) is 0 Å². The van der Waals surface area contributed by atoms with E-state index in [1.807, 2.05) is 6.20 Å². The van der Waals surface area contributed by atoms with Gasteiger partial charge in [-0.2, -0.15) is 0 Å². The van der Waals surface area contributed by atoms with Crippen LogP contribution in [0, 0.1) is 0 Å². The van der Waals surface area contributed by atoms with Crippen molar-refractivity contribution in [2.45, 2.75) is 112 Å². The molecular formula is C59H64N4O. The molecule has 5 nitrogen and oxygen atoms in total. The predicted octanol–water partition coefficient (Wildman–Crippen LogP) is 16.9. The van der Waals surface area contributed by atoms with Gasteiger partial charge in [0.05, 0.1) is 22.4 Å². The van der Waals surface area contributed by atoms with Gasteiger partial charge >= 0.3 is 0 Å². The molecule has 0 bridgehead atoms. The first kappa shape index (κ1) is 42.9. The van der Waals surface area contributed by atoms with E-state index in [0.717, 1.165) is 34.0 Å². The number of aromatic nitrogens is 2. The normalized spacial score (nSPS) is 13.3. The molecule has 64 heavy (non-hydrogen) atoms. The Balaban J connectivity index is 1.13. The number of hydrogen-bond acceptors (Lipinski definition) is 4. The maximum absolute atomic E-state index is 6.84. The third-order valence-corrected chi connectivity index (χ3v) is 13.1. The summed E-state index contributed by atoms with van der Waals surface area (Å²) in [6, 6.07) is 49.0. The highest BCUT2D eigenvalue weighted by Crippen LogP contribution is 2.46. The first-order chi connectivity index (χ1) is 30.5. The van der Waals surface area contributed by atoms with E-state index in [4.69, 9.17) is 9.72 Å². The van der Waals surface area contributed by atoms with Crippen molar-refractivity contribution >= 4 is 44.6 Å². The molecule has 0 aliphatic carbocycles. The largest absolute Gasteiger partial charge is 0.457 e. The lowest BCUT2D eigenvalue weighted by Crippen LogP contribution is -2.24. The molecule has 5 heteroatoms. The van der Waals surface area contributed by atoms with Crippen LogP contribution in [0.3, 0.4) is 0 Å². The molecule has 8 aromatic rings. The molecule has 1 aliphatic rings. The Kier molecular flexibility index (Phi) is 11.0. The second-order valence-electron chi connectivity index (χ2n) is 20.8. The Labute approximate surface area is 381 Å². The summed E-state index contributed by atoms with van der Waals surface area (Å²) in [7, 11) is 0. The van der Waals surface area contributed by atoms with Crippen LogP contribution >= 0.6 is 0 Å². The van der Waals surface area contributed by atoms with Crippen molar-refractivity contribution in [3.8, 4) is 28.4 Å². The Hall–Kier alpha value is -6.33. The van der Waals surface area contributed by atoms with Crippen molar-refractivity contribution < 1.29 is 4.74 Å². The second kappa shape index (κ2) is 16.3. The van der Waals surface area contributed by atoms with E-state index in [2.05, 4.69) is 231 Å². The van der Waals surface area contributed by atoms with Crippen LogP contribution in [-0.2, 0) is 10.8 Å². The highest BCUT2D eigenvalue weighted by atomic mass is 16.5. The summed E-state index contributed by atoms with van der Waals surface area (Å²) in [6.45, 7) is 28.2. The van der Waals surface area contributed by atoms with E-state index >= 15 is 0 Å². The fourth-order valence-electron chi connectivity index (χ4n) is 9.41. The van der Waals surface area contributed by atoms with Crippen LogP contribution in [0.2, 0.25) is 0 Å². The van der Waals surface area contributed by atoms with E-state index in [9.17, 15) is 0 Å². The molecule has 3 heterocycles. The van der Waals surface area contributed by atoms with Crippen LogP contribution in [0.5, 0.6) is 11.5 Å². The van der Waals surface area contributed by atoms with E-state index < -0.39 is 0 Å². The van der Waals surface area contributed by atoms with Crippen molar-refractivity contribution in [3.63, 3.8) is 0 Å². The summed E-state index contributed by atoms with van der Waals surface area (Å²) >= 11 is 0. The molecule has 0 fully saturated rings. The Bertz CT molecular complexity index is 3000. The number of pyridine rings is 1. The minimum absolute atomic E-state index is 0.000833. The van der Waals surface area contributed by atoms with Crippen LogP contribution in [0.4, 0.5) is 22.7 Å². The summed E-state index contributed by atoms with van der Waals surface area (Å²) in [4.78, 5) is 9.91. The molecule has 326 valence electrons. The first-order valence-electron chi connectivity index (χ1n) is 23.2. The van der Waals surface area contributed by atoms with E-state index in [1.54, 1.807) is 0 Å². The van der Waals surface area contributed by atoms with Gasteiger partial charge in [-0.3, -0.25) is 4.57 Å². The third-order valence-electron chi connectivity index (χ3n) is 13.1. The molecule has 6 aromatic carbocycles. The lowest BCUT2D eigenvalue weighted by atomic mass is 9.82. The molecule has 0 saturated carbocycles. The van der Waals surface area contributed by atoms with Gasteiger partial charge in [-0.15, -0.1) is 0 Å². The van der Waals surface area contributed by atoms with Crippen LogP contribution < -0.4 is 14.5 Å². The molecule has 0 N–H and O–H groups in total. The first-order valence-corrected chi connectivity index (χ1v) is 23.2. The van der Waals surface area contributed by atoms with Gasteiger partial charge in [0, 0.05) is 40.5 Å². The molecule has 2 aromatic heterocycles. The zero-order chi connectivity index (χ0) is 45.2. The third kappa shape index (κ3) is 7.95. The number of para-hydroxylation sites is 2. The quantitative estimate of drug-likeness (QED) is 0.145. The van der Waals surface area contributed by atoms with E-state index in [1.165, 1.54) is 66.8 Å². The fraction of sp³-hybridized carbons (Fsp3) is 0.305. The molecule has 9 rings (SSSR count). The minimum atomic E-state index is 0.000833. The van der Waals surface area contributed by atoms with Crippen LogP contribution in [0.1, 0.15) is 129 Å². The number of nitrogens with zero attached hydrogens (tertiary/aromatic N) is 4. The molecule has 0 saturated heterocycles. The Morgan fingerprint density at radius 2 is 1.12 bits per heavy atom. The molecule has 0 atom stereocenters. The van der Waals surface area contributed by atoms with Gasteiger partial charge in [0.1, 0.15) is 24.0 Å². The fourth-order valence-corrected chi connectivity index (χ4v) is 9.41. The maximum Gasteiger partial charge on any atom is 0.138 e. The van der Waals surface area contributed by atoms with E-state index in [0.29, 0.717) is 24.4 Å². The Morgan fingerprint density at radius 3 is 1.75 bits per heavy atom. The maximum atomic E-state index is 6.84. The number of benzene rings is 6. The predicted molar refractivity (Wildman–Crippen MR) is 272 cm³/mol. The van der Waals surface area contributed by atoms with Gasteiger partial charge in [-0.25, -0.2) is 4.98 Å². The van der Waals surface area contributed by atoms with Crippen molar-refractivity contribution in [1.29, 1.82) is 0 Å². The number of anilines is 4. The lowest BCUT2D eigenvalue weighted by Gasteiger charge is -2.25. The lowest BCUT2D eigenvalue weighted by molar-refractivity contribution is 0.483. The minimum Gasteiger partial charge on any atom is -0.457 e. The summed E-state index contributed by atoms with van der Waals surface area (Å²) in [5.74, 6) is 3.65. The van der Waals surface area contributed by atoms with Crippen molar-refractivity contribution in [1.82, 2.24) is 9.55 Å². The zero-order valence-electron chi connectivity index (χ0n) is 39.9. The van der Waals surface area contributed by atoms with Gasteiger partial charge < -0.3 is 14.5 Å². The van der Waals surface area contributed by atoms with Crippen LogP contribution in [0.25, 0.3) is 38.8 Å². The summed E-state index contributed by atoms with van der Waals surface area (Å²) in [5, 5.41) is 2.38. The zero-order valence-corrected chi connectivity index (χ0v) is 39.9. The monoisotopic (exact) mass is 845 g/mol. The number of ether oxygens (including phenoxy) is 1. The van der Waals surface area contributed by atoms with Crippen molar-refractivity contribution in [2.24, 2.45) is 0 Å². The smallest absolute Gasteiger partial charge is 0.138 e. The molecule has 0 radical (unpaired) electrons. The second-order valence-corrected chi connectivity index (χ2v) is 20.8. The van der Waals surface area contributed by atoms with Crippen molar-refractivity contribution in [2.75, 3.05) is 16.5 Å². The summed E-state index contributed by atoms with van der Waals surface area (Å²) in [5.41, 5.74) is 16.2. The average molecular weight is 845 g/mol. The molecule has 1 aliphatic heterocycles. The van der Waals surface area contributed by atoms with Gasteiger partial charge in [0.25, 0.3) is 0 Å². The number of hydrogen-bond donors (Lipinski definition) is 0. The van der Waals surface area contributed by atoms with Crippen LogP contribution in [0.15, 0.2) is 140 Å². The van der Waals surface area contributed by atoms with Gasteiger partial charge in [-0.05, 0) is 140 Å². The molecule has 0 amide bonds.